The first kappa shape index (κ1) is 43.1. The second-order valence-electron chi connectivity index (χ2n) is 17.8. The SMILES string of the molecule is O=C1CCC(N2C(=O)c3ccc(N4CCC(CN5CCN(C(=O)Nc6ccc7nc(CNc8nc(N9CCOCC9)nc9c8ncn9-c8cccc(F)c8)[nH]c7c6)CC5)CC4)cc3C2=O)C(=O)N1. The van der Waals surface area contributed by atoms with Crippen molar-refractivity contribution >= 4 is 75.0 Å². The fraction of sp³-hybridized carbons (Fsp3) is 0.383. The van der Waals surface area contributed by atoms with Gasteiger partial charge < -0.3 is 35.1 Å². The molecule has 8 heterocycles. The molecule has 0 radical (unpaired) electrons. The van der Waals surface area contributed by atoms with E-state index in [0.717, 1.165) is 67.2 Å². The summed E-state index contributed by atoms with van der Waals surface area (Å²) < 4.78 is 21.5. The quantitative estimate of drug-likeness (QED) is 0.144. The number of benzene rings is 3. The van der Waals surface area contributed by atoms with E-state index in [1.165, 1.54) is 12.1 Å². The molecule has 0 saturated carbocycles. The highest BCUT2D eigenvalue weighted by Gasteiger charge is 2.45. The van der Waals surface area contributed by atoms with E-state index in [1.54, 1.807) is 35.2 Å². The second kappa shape index (κ2) is 17.9. The summed E-state index contributed by atoms with van der Waals surface area (Å²) in [5.74, 6) is -0.220. The molecule has 20 nitrogen and oxygen atoms in total. The van der Waals surface area contributed by atoms with Crippen molar-refractivity contribution in [3.8, 4) is 5.69 Å². The van der Waals surface area contributed by atoms with Crippen molar-refractivity contribution < 1.29 is 33.1 Å². The fourth-order valence-corrected chi connectivity index (χ4v) is 9.85. The number of nitrogens with zero attached hydrogens (tertiary/aromatic N) is 10. The number of rotatable bonds is 10. The molecule has 0 spiro atoms. The number of urea groups is 1. The van der Waals surface area contributed by atoms with E-state index in [1.807, 2.05) is 29.2 Å². The van der Waals surface area contributed by atoms with E-state index in [4.69, 9.17) is 19.7 Å². The van der Waals surface area contributed by atoms with Crippen LogP contribution in [-0.4, -0.2) is 152 Å². The maximum absolute atomic E-state index is 14.2. The number of carbonyl (C=O) groups is 5. The summed E-state index contributed by atoms with van der Waals surface area (Å²) in [6.07, 6.45) is 3.74. The Hall–Kier alpha value is -7.52. The number of H-pyrrole nitrogens is 1. The largest absolute Gasteiger partial charge is 0.378 e. The maximum Gasteiger partial charge on any atom is 0.321 e. The Kier molecular flexibility index (Phi) is 11.4. The fourth-order valence-electron chi connectivity index (χ4n) is 9.85. The predicted molar refractivity (Wildman–Crippen MR) is 248 cm³/mol. The Morgan fingerprint density at radius 2 is 1.62 bits per heavy atom. The zero-order valence-electron chi connectivity index (χ0n) is 37.1. The molecule has 1 atom stereocenters. The van der Waals surface area contributed by atoms with Gasteiger partial charge in [-0.2, -0.15) is 9.97 Å². The lowest BCUT2D eigenvalue weighted by molar-refractivity contribution is -0.136. The van der Waals surface area contributed by atoms with E-state index in [-0.39, 0.29) is 35.8 Å². The summed E-state index contributed by atoms with van der Waals surface area (Å²) in [6, 6.07) is 16.0. The number of piperidine rings is 2. The number of nitrogens with one attached hydrogen (secondary N) is 4. The van der Waals surface area contributed by atoms with Crippen molar-refractivity contribution in [3.63, 3.8) is 0 Å². The van der Waals surface area contributed by atoms with E-state index in [0.29, 0.717) is 92.0 Å². The van der Waals surface area contributed by atoms with Gasteiger partial charge >= 0.3 is 6.03 Å². The Labute approximate surface area is 388 Å². The van der Waals surface area contributed by atoms with Crippen LogP contribution in [0.5, 0.6) is 0 Å². The van der Waals surface area contributed by atoms with Gasteiger partial charge in [-0.3, -0.25) is 38.9 Å². The number of morpholine rings is 1. The zero-order chi connectivity index (χ0) is 46.5. The number of amides is 6. The van der Waals surface area contributed by atoms with Gasteiger partial charge in [-0.15, -0.1) is 0 Å². The molecule has 5 aliphatic heterocycles. The van der Waals surface area contributed by atoms with E-state index < -0.39 is 29.7 Å². The molecule has 0 aliphatic carbocycles. The molecule has 3 aromatic carbocycles. The van der Waals surface area contributed by atoms with Gasteiger partial charge in [0.2, 0.25) is 17.8 Å². The second-order valence-corrected chi connectivity index (χ2v) is 17.8. The van der Waals surface area contributed by atoms with E-state index >= 15 is 0 Å². The molecular formula is C47H49FN14O6. The van der Waals surface area contributed by atoms with Gasteiger partial charge in [-0.05, 0) is 79.8 Å². The smallest absolute Gasteiger partial charge is 0.321 e. The average Bonchev–Trinajstić information content (AvgIpc) is 4.05. The molecule has 4 fully saturated rings. The molecule has 21 heteroatoms. The number of imidazole rings is 2. The number of ether oxygens (including phenoxy) is 1. The van der Waals surface area contributed by atoms with E-state index in [9.17, 15) is 28.4 Å². The van der Waals surface area contributed by atoms with Crippen LogP contribution in [0.1, 0.15) is 52.2 Å². The Morgan fingerprint density at radius 3 is 2.41 bits per heavy atom. The lowest BCUT2D eigenvalue weighted by Gasteiger charge is -2.39. The number of carbonyl (C=O) groups excluding carboxylic acids is 5. The first-order valence-corrected chi connectivity index (χ1v) is 23.1. The third kappa shape index (κ3) is 8.42. The lowest BCUT2D eigenvalue weighted by Crippen LogP contribution is -2.54. The molecule has 6 aromatic rings. The molecule has 11 rings (SSSR count). The highest BCUT2D eigenvalue weighted by Crippen LogP contribution is 2.33. The van der Waals surface area contributed by atoms with Crippen LogP contribution in [0.15, 0.2) is 67.0 Å². The van der Waals surface area contributed by atoms with Gasteiger partial charge in [0.1, 0.15) is 24.0 Å². The Morgan fingerprint density at radius 1 is 0.809 bits per heavy atom. The molecular weight excluding hydrogens is 876 g/mol. The number of imide groups is 2. The number of halogens is 1. The van der Waals surface area contributed by atoms with Crippen LogP contribution in [0.25, 0.3) is 27.9 Å². The standard InChI is InChI=1S/C47H49FN14O6/c48-29-2-1-3-32(22-29)61-27-50-40-41(55-46(56-42(40)61)59-18-20-68-21-19-59)49-25-38-52-35-7-4-30(23-36(35)53-38)51-47(67)60-16-14-57(15-17-60)26-28-10-12-58(13-11-28)31-5-6-33-34(24-31)45(66)62(44(33)65)37-8-9-39(63)54-43(37)64/h1-7,22-24,27-28,37H,8-21,25-26H2,(H,51,67)(H,52,53)(H,49,55,56)(H,54,63,64). The van der Waals surface area contributed by atoms with Crippen LogP contribution in [0.3, 0.4) is 0 Å². The topological polar surface area (TPSA) is 219 Å². The highest BCUT2D eigenvalue weighted by molar-refractivity contribution is 6.23. The number of aromatic nitrogens is 6. The van der Waals surface area contributed by atoms with E-state index in [2.05, 4.69) is 40.6 Å². The van der Waals surface area contributed by atoms with Crippen LogP contribution >= 0.6 is 0 Å². The summed E-state index contributed by atoms with van der Waals surface area (Å²) in [7, 11) is 0. The van der Waals surface area contributed by atoms with Crippen molar-refractivity contribution in [1.82, 2.24) is 49.5 Å². The minimum absolute atomic E-state index is 0.0780. The normalized spacial score (nSPS) is 19.6. The average molecular weight is 925 g/mol. The van der Waals surface area contributed by atoms with Gasteiger partial charge in [-0.25, -0.2) is 19.2 Å². The van der Waals surface area contributed by atoms with Gasteiger partial charge in [0.25, 0.3) is 11.8 Å². The lowest BCUT2D eigenvalue weighted by atomic mass is 9.95. The third-order valence-electron chi connectivity index (χ3n) is 13.5. The van der Waals surface area contributed by atoms with Gasteiger partial charge in [0.15, 0.2) is 17.0 Å². The van der Waals surface area contributed by atoms with Crippen molar-refractivity contribution in [3.05, 3.63) is 89.8 Å². The van der Waals surface area contributed by atoms with Gasteiger partial charge in [-0.1, -0.05) is 6.07 Å². The first-order chi connectivity index (χ1) is 33.1. The van der Waals surface area contributed by atoms with Gasteiger partial charge in [0.05, 0.1) is 47.6 Å². The minimum atomic E-state index is -0.991. The Balaban J connectivity index is 0.668. The summed E-state index contributed by atoms with van der Waals surface area (Å²) in [6.45, 7) is 7.98. The number of aromatic amines is 1. The zero-order valence-corrected chi connectivity index (χ0v) is 37.1. The summed E-state index contributed by atoms with van der Waals surface area (Å²) in [5, 5.41) is 8.71. The molecule has 4 N–H and O–H groups in total. The molecule has 4 saturated heterocycles. The third-order valence-corrected chi connectivity index (χ3v) is 13.5. The molecule has 6 amide bonds. The van der Waals surface area contributed by atoms with Crippen LogP contribution in [0.4, 0.5) is 32.3 Å². The van der Waals surface area contributed by atoms with Crippen LogP contribution in [0.2, 0.25) is 0 Å². The van der Waals surface area contributed by atoms with Crippen molar-refractivity contribution in [2.24, 2.45) is 5.92 Å². The van der Waals surface area contributed by atoms with Crippen molar-refractivity contribution in [1.29, 1.82) is 0 Å². The molecule has 350 valence electrons. The van der Waals surface area contributed by atoms with Crippen LogP contribution in [0, 0.1) is 11.7 Å². The number of piperazine rings is 1. The molecule has 1 unspecified atom stereocenters. The summed E-state index contributed by atoms with van der Waals surface area (Å²) >= 11 is 0. The first-order valence-electron chi connectivity index (χ1n) is 23.1. The molecule has 0 bridgehead atoms. The Bertz CT molecular complexity index is 2970. The molecule has 5 aliphatic rings. The van der Waals surface area contributed by atoms with Crippen LogP contribution in [-0.2, 0) is 20.9 Å². The predicted octanol–water partition coefficient (Wildman–Crippen LogP) is 3.75. The maximum atomic E-state index is 14.2. The van der Waals surface area contributed by atoms with Gasteiger partial charge in [0, 0.05) is 76.7 Å². The molecule has 68 heavy (non-hydrogen) atoms. The highest BCUT2D eigenvalue weighted by atomic mass is 19.1. The summed E-state index contributed by atoms with van der Waals surface area (Å²) in [5.41, 5.74) is 5.27. The number of fused-ring (bicyclic) bond motifs is 3. The van der Waals surface area contributed by atoms with Crippen molar-refractivity contribution in [2.75, 3.05) is 92.5 Å². The number of anilines is 4. The number of hydrogen-bond donors (Lipinski definition) is 4. The minimum Gasteiger partial charge on any atom is -0.378 e. The molecule has 3 aromatic heterocycles. The van der Waals surface area contributed by atoms with Crippen LogP contribution < -0.4 is 25.8 Å². The number of hydrogen-bond acceptors (Lipinski definition) is 14. The summed E-state index contributed by atoms with van der Waals surface area (Å²) in [4.78, 5) is 96.2. The monoisotopic (exact) mass is 924 g/mol. The van der Waals surface area contributed by atoms with Crippen molar-refractivity contribution in [2.45, 2.75) is 38.3 Å².